The molecular formula is C16H23NO2. The van der Waals surface area contributed by atoms with Crippen molar-refractivity contribution in [2.45, 2.75) is 50.5 Å². The van der Waals surface area contributed by atoms with Gasteiger partial charge in [-0.25, -0.2) is 0 Å². The molecule has 1 amide bonds. The van der Waals surface area contributed by atoms with Crippen LogP contribution < -0.4 is 10.1 Å². The lowest BCUT2D eigenvalue weighted by atomic mass is 9.59. The summed E-state index contributed by atoms with van der Waals surface area (Å²) in [6.07, 6.45) is 5.29. The number of ether oxygens (including phenoxy) is 1. The van der Waals surface area contributed by atoms with Crippen LogP contribution in [0.2, 0.25) is 0 Å². The second kappa shape index (κ2) is 5.24. The summed E-state index contributed by atoms with van der Waals surface area (Å²) in [4.78, 5) is 11.0. The Morgan fingerprint density at radius 3 is 2.68 bits per heavy atom. The standard InChI is InChI=1S/C16H23NO2/c1-15(13-7-6-8-14(11-13)19-3)9-4-5-10-16(15,2)17-12-18/h6-8,11-12H,4-5,9-10H2,1-3H3,(H,17,18). The monoisotopic (exact) mass is 261 g/mol. The topological polar surface area (TPSA) is 38.3 Å². The van der Waals surface area contributed by atoms with Crippen molar-refractivity contribution in [2.24, 2.45) is 0 Å². The molecular weight excluding hydrogens is 238 g/mol. The summed E-state index contributed by atoms with van der Waals surface area (Å²) < 4.78 is 5.33. The van der Waals surface area contributed by atoms with Crippen molar-refractivity contribution in [1.29, 1.82) is 0 Å². The molecule has 2 unspecified atom stereocenters. The Morgan fingerprint density at radius 2 is 2.00 bits per heavy atom. The van der Waals surface area contributed by atoms with Gasteiger partial charge in [-0.05, 0) is 37.5 Å². The minimum absolute atomic E-state index is 0.0549. The number of benzene rings is 1. The zero-order valence-corrected chi connectivity index (χ0v) is 12.0. The molecule has 104 valence electrons. The fourth-order valence-corrected chi connectivity index (χ4v) is 3.30. The average Bonchev–Trinajstić information content (AvgIpc) is 2.43. The van der Waals surface area contributed by atoms with Gasteiger partial charge in [-0.15, -0.1) is 0 Å². The molecule has 0 aliphatic heterocycles. The molecule has 2 atom stereocenters. The Morgan fingerprint density at radius 1 is 1.26 bits per heavy atom. The molecule has 1 aliphatic rings. The summed E-state index contributed by atoms with van der Waals surface area (Å²) in [7, 11) is 1.69. The molecule has 1 aromatic carbocycles. The SMILES string of the molecule is COc1cccc(C2(C)CCCCC2(C)NC=O)c1. The third-order valence-electron chi connectivity index (χ3n) is 4.91. The summed E-state index contributed by atoms with van der Waals surface area (Å²) in [6, 6.07) is 8.21. The summed E-state index contributed by atoms with van der Waals surface area (Å²) in [5.41, 5.74) is 0.989. The van der Waals surface area contributed by atoms with Gasteiger partial charge in [0.1, 0.15) is 5.75 Å². The Balaban J connectivity index is 2.44. The highest BCUT2D eigenvalue weighted by molar-refractivity contribution is 5.50. The Kier molecular flexibility index (Phi) is 3.83. The summed E-state index contributed by atoms with van der Waals surface area (Å²) >= 11 is 0. The van der Waals surface area contributed by atoms with Gasteiger partial charge in [0.2, 0.25) is 6.41 Å². The van der Waals surface area contributed by atoms with Crippen molar-refractivity contribution in [3.63, 3.8) is 0 Å². The first-order valence-electron chi connectivity index (χ1n) is 6.92. The van der Waals surface area contributed by atoms with Gasteiger partial charge in [-0.2, -0.15) is 0 Å². The van der Waals surface area contributed by atoms with E-state index in [9.17, 15) is 4.79 Å². The molecule has 0 radical (unpaired) electrons. The fraction of sp³-hybridized carbons (Fsp3) is 0.562. The number of hydrogen-bond acceptors (Lipinski definition) is 2. The third kappa shape index (κ3) is 2.34. The van der Waals surface area contributed by atoms with Crippen LogP contribution in [0.5, 0.6) is 5.75 Å². The number of hydrogen-bond donors (Lipinski definition) is 1. The molecule has 1 saturated carbocycles. The van der Waals surface area contributed by atoms with E-state index in [0.717, 1.165) is 31.4 Å². The van der Waals surface area contributed by atoms with E-state index in [1.807, 2.05) is 12.1 Å². The predicted octanol–water partition coefficient (Wildman–Crippen LogP) is 3.03. The van der Waals surface area contributed by atoms with E-state index in [4.69, 9.17) is 4.74 Å². The maximum Gasteiger partial charge on any atom is 0.207 e. The van der Waals surface area contributed by atoms with Gasteiger partial charge in [-0.1, -0.05) is 31.9 Å². The molecule has 0 aromatic heterocycles. The van der Waals surface area contributed by atoms with E-state index in [1.165, 1.54) is 12.0 Å². The second-order valence-electron chi connectivity index (χ2n) is 5.87. The Hall–Kier alpha value is -1.51. The number of methoxy groups -OCH3 is 1. The Bertz CT molecular complexity index is 460. The molecule has 0 bridgehead atoms. The van der Waals surface area contributed by atoms with Gasteiger partial charge in [0.25, 0.3) is 0 Å². The largest absolute Gasteiger partial charge is 0.497 e. The molecule has 1 N–H and O–H groups in total. The zero-order chi connectivity index (χ0) is 13.9. The highest BCUT2D eigenvalue weighted by Gasteiger charge is 2.47. The summed E-state index contributed by atoms with van der Waals surface area (Å²) in [6.45, 7) is 4.40. The van der Waals surface area contributed by atoms with Gasteiger partial charge in [-0.3, -0.25) is 4.79 Å². The van der Waals surface area contributed by atoms with E-state index >= 15 is 0 Å². The van der Waals surface area contributed by atoms with E-state index < -0.39 is 0 Å². The lowest BCUT2D eigenvalue weighted by Gasteiger charge is -2.50. The van der Waals surface area contributed by atoms with E-state index in [0.29, 0.717) is 0 Å². The molecule has 0 heterocycles. The first-order valence-corrected chi connectivity index (χ1v) is 6.92. The van der Waals surface area contributed by atoms with Crippen molar-refractivity contribution in [1.82, 2.24) is 5.32 Å². The van der Waals surface area contributed by atoms with Crippen LogP contribution in [0.15, 0.2) is 24.3 Å². The minimum Gasteiger partial charge on any atom is -0.497 e. The average molecular weight is 261 g/mol. The normalized spacial score (nSPS) is 30.7. The second-order valence-corrected chi connectivity index (χ2v) is 5.87. The van der Waals surface area contributed by atoms with Gasteiger partial charge >= 0.3 is 0 Å². The molecule has 3 heteroatoms. The molecule has 2 rings (SSSR count). The van der Waals surface area contributed by atoms with Crippen molar-refractivity contribution < 1.29 is 9.53 Å². The van der Waals surface area contributed by atoms with Crippen LogP contribution in [0, 0.1) is 0 Å². The first-order chi connectivity index (χ1) is 9.05. The first kappa shape index (κ1) is 13.9. The van der Waals surface area contributed by atoms with Crippen molar-refractivity contribution in [3.05, 3.63) is 29.8 Å². The smallest absolute Gasteiger partial charge is 0.207 e. The lowest BCUT2D eigenvalue weighted by molar-refractivity contribution is -0.112. The van der Waals surface area contributed by atoms with E-state index in [-0.39, 0.29) is 11.0 Å². The lowest BCUT2D eigenvalue weighted by Crippen LogP contribution is -2.58. The number of rotatable bonds is 4. The van der Waals surface area contributed by atoms with Crippen LogP contribution in [0.1, 0.15) is 45.1 Å². The number of amides is 1. The zero-order valence-electron chi connectivity index (χ0n) is 12.0. The van der Waals surface area contributed by atoms with Crippen molar-refractivity contribution in [2.75, 3.05) is 7.11 Å². The van der Waals surface area contributed by atoms with Crippen LogP contribution in [-0.4, -0.2) is 19.1 Å². The highest BCUT2D eigenvalue weighted by Crippen LogP contribution is 2.46. The summed E-state index contributed by atoms with van der Waals surface area (Å²) in [5.74, 6) is 0.873. The molecule has 1 aliphatic carbocycles. The third-order valence-corrected chi connectivity index (χ3v) is 4.91. The van der Waals surface area contributed by atoms with Gasteiger partial charge in [0.05, 0.1) is 7.11 Å². The molecule has 19 heavy (non-hydrogen) atoms. The van der Waals surface area contributed by atoms with E-state index in [1.54, 1.807) is 7.11 Å². The Labute approximate surface area is 115 Å². The summed E-state index contributed by atoms with van der Waals surface area (Å²) in [5, 5.41) is 3.07. The molecule has 1 fully saturated rings. The molecule has 0 spiro atoms. The van der Waals surface area contributed by atoms with Gasteiger partial charge in [0, 0.05) is 11.0 Å². The quantitative estimate of drug-likeness (QED) is 0.846. The predicted molar refractivity (Wildman–Crippen MR) is 76.4 cm³/mol. The number of carbonyl (C=O) groups is 1. The van der Waals surface area contributed by atoms with Gasteiger partial charge < -0.3 is 10.1 Å². The molecule has 1 aromatic rings. The van der Waals surface area contributed by atoms with Crippen LogP contribution in [0.25, 0.3) is 0 Å². The number of carbonyl (C=O) groups excluding carboxylic acids is 1. The van der Waals surface area contributed by atoms with Crippen molar-refractivity contribution in [3.8, 4) is 5.75 Å². The fourth-order valence-electron chi connectivity index (χ4n) is 3.30. The van der Waals surface area contributed by atoms with Crippen LogP contribution in [-0.2, 0) is 10.2 Å². The van der Waals surface area contributed by atoms with Crippen LogP contribution in [0.4, 0.5) is 0 Å². The number of nitrogens with one attached hydrogen (secondary N) is 1. The molecule has 3 nitrogen and oxygen atoms in total. The van der Waals surface area contributed by atoms with Crippen LogP contribution in [0.3, 0.4) is 0 Å². The maximum atomic E-state index is 11.0. The maximum absolute atomic E-state index is 11.0. The van der Waals surface area contributed by atoms with E-state index in [2.05, 4.69) is 31.3 Å². The molecule has 0 saturated heterocycles. The van der Waals surface area contributed by atoms with Crippen LogP contribution >= 0.6 is 0 Å². The van der Waals surface area contributed by atoms with Gasteiger partial charge in [0.15, 0.2) is 0 Å². The highest BCUT2D eigenvalue weighted by atomic mass is 16.5. The van der Waals surface area contributed by atoms with Crippen molar-refractivity contribution >= 4 is 6.41 Å². The minimum atomic E-state index is -0.195.